The first-order valence-corrected chi connectivity index (χ1v) is 6.51. The van der Waals surface area contributed by atoms with Crippen LogP contribution in [0.15, 0.2) is 48.5 Å². The van der Waals surface area contributed by atoms with Gasteiger partial charge in [0.25, 0.3) is 0 Å². The molecule has 3 heteroatoms. The van der Waals surface area contributed by atoms with Gasteiger partial charge in [-0.1, -0.05) is 11.6 Å². The van der Waals surface area contributed by atoms with Gasteiger partial charge in [-0.3, -0.25) is 4.79 Å². The maximum atomic E-state index is 12.1. The zero-order valence-electron chi connectivity index (χ0n) is 12.0. The van der Waals surface area contributed by atoms with Gasteiger partial charge in [-0.2, -0.15) is 5.26 Å². The lowest BCUT2D eigenvalue weighted by Gasteiger charge is -2.05. The second-order valence-corrected chi connectivity index (χ2v) is 4.63. The summed E-state index contributed by atoms with van der Waals surface area (Å²) in [7, 11) is 1.60. The number of hydrogen-bond donors (Lipinski definition) is 0. The molecule has 0 N–H and O–H groups in total. The van der Waals surface area contributed by atoms with E-state index >= 15 is 0 Å². The van der Waals surface area contributed by atoms with Gasteiger partial charge in [0.2, 0.25) is 0 Å². The number of benzene rings is 2. The van der Waals surface area contributed by atoms with Crippen molar-refractivity contribution in [2.45, 2.75) is 6.92 Å². The molecule has 0 atom stereocenters. The number of nitrogens with zero attached hydrogens (tertiary/aromatic N) is 1. The molecule has 0 saturated carbocycles. The van der Waals surface area contributed by atoms with E-state index in [1.54, 1.807) is 37.5 Å². The molecule has 2 aromatic carbocycles. The van der Waals surface area contributed by atoms with Crippen LogP contribution in [0.1, 0.15) is 27.0 Å². The number of allylic oxidation sites excluding steroid dienone is 1. The fourth-order valence-corrected chi connectivity index (χ4v) is 1.95. The number of rotatable bonds is 4. The molecule has 0 unspecified atom stereocenters. The van der Waals surface area contributed by atoms with Crippen molar-refractivity contribution in [3.8, 4) is 11.8 Å². The molecule has 0 bridgehead atoms. The van der Waals surface area contributed by atoms with Crippen LogP contribution in [0.3, 0.4) is 0 Å². The van der Waals surface area contributed by atoms with E-state index in [0.717, 1.165) is 16.9 Å². The molecule has 0 aliphatic carbocycles. The van der Waals surface area contributed by atoms with Crippen molar-refractivity contribution in [3.05, 3.63) is 70.8 Å². The number of ketones is 1. The number of aryl methyl sites for hydroxylation is 1. The smallest absolute Gasteiger partial charge is 0.185 e. The normalized spacial score (nSPS) is 10.3. The van der Waals surface area contributed by atoms with Crippen molar-refractivity contribution in [1.29, 1.82) is 5.26 Å². The number of carbonyl (C=O) groups is 1. The summed E-state index contributed by atoms with van der Waals surface area (Å²) in [6.45, 7) is 1.99. The van der Waals surface area contributed by atoms with E-state index in [2.05, 4.69) is 0 Å². The van der Waals surface area contributed by atoms with Crippen LogP contribution < -0.4 is 4.74 Å². The third kappa shape index (κ3) is 3.58. The summed E-state index contributed by atoms with van der Waals surface area (Å²) in [5, 5.41) is 8.74. The summed E-state index contributed by atoms with van der Waals surface area (Å²) >= 11 is 0. The van der Waals surface area contributed by atoms with Crippen LogP contribution in [0.4, 0.5) is 0 Å². The Hall–Kier alpha value is -2.86. The Morgan fingerprint density at radius 2 is 1.90 bits per heavy atom. The highest BCUT2D eigenvalue weighted by atomic mass is 16.5. The minimum absolute atomic E-state index is 0.108. The predicted octanol–water partition coefficient (Wildman–Crippen LogP) is 3.77. The Labute approximate surface area is 124 Å². The third-order valence-electron chi connectivity index (χ3n) is 3.10. The van der Waals surface area contributed by atoms with E-state index in [9.17, 15) is 4.79 Å². The Bertz CT molecular complexity index is 722. The van der Waals surface area contributed by atoms with Crippen LogP contribution in [0, 0.1) is 18.3 Å². The third-order valence-corrected chi connectivity index (χ3v) is 3.10. The molecule has 0 aliphatic heterocycles. The lowest BCUT2D eigenvalue weighted by molar-refractivity contribution is 0.104. The van der Waals surface area contributed by atoms with Crippen LogP contribution in [0.2, 0.25) is 0 Å². The average Bonchev–Trinajstić information content (AvgIpc) is 2.52. The maximum absolute atomic E-state index is 12.1. The average molecular weight is 277 g/mol. The fourth-order valence-electron chi connectivity index (χ4n) is 1.95. The quantitative estimate of drug-likeness (QED) is 0.631. The number of methoxy groups -OCH3 is 1. The molecule has 0 aromatic heterocycles. The Kier molecular flexibility index (Phi) is 4.53. The number of hydrogen-bond acceptors (Lipinski definition) is 3. The van der Waals surface area contributed by atoms with Gasteiger partial charge in [0.15, 0.2) is 5.78 Å². The first-order valence-electron chi connectivity index (χ1n) is 6.51. The SMILES string of the molecule is COc1ccc(C)cc1/C=C/C(=O)c1ccc(C#N)cc1. The first-order chi connectivity index (χ1) is 10.1. The molecule has 0 amide bonds. The van der Waals surface area contributed by atoms with Gasteiger partial charge < -0.3 is 4.74 Å². The van der Waals surface area contributed by atoms with Gasteiger partial charge in [0.1, 0.15) is 5.75 Å². The minimum atomic E-state index is -0.108. The lowest BCUT2D eigenvalue weighted by Crippen LogP contribution is -1.94. The molecule has 21 heavy (non-hydrogen) atoms. The van der Waals surface area contributed by atoms with Gasteiger partial charge in [-0.05, 0) is 55.5 Å². The molecule has 0 heterocycles. The van der Waals surface area contributed by atoms with Gasteiger partial charge in [0, 0.05) is 11.1 Å². The molecule has 0 fully saturated rings. The van der Waals surface area contributed by atoms with E-state index < -0.39 is 0 Å². The van der Waals surface area contributed by atoms with Crippen molar-refractivity contribution in [3.63, 3.8) is 0 Å². The molecule has 3 nitrogen and oxygen atoms in total. The molecule has 0 aliphatic rings. The molecule has 2 aromatic rings. The van der Waals surface area contributed by atoms with Gasteiger partial charge in [-0.15, -0.1) is 0 Å². The molecular weight excluding hydrogens is 262 g/mol. The number of nitriles is 1. The van der Waals surface area contributed by atoms with E-state index in [-0.39, 0.29) is 5.78 Å². The van der Waals surface area contributed by atoms with E-state index in [1.165, 1.54) is 6.08 Å². The second-order valence-electron chi connectivity index (χ2n) is 4.63. The van der Waals surface area contributed by atoms with Gasteiger partial charge in [0.05, 0.1) is 18.7 Å². The lowest BCUT2D eigenvalue weighted by atomic mass is 10.1. The highest BCUT2D eigenvalue weighted by molar-refractivity contribution is 6.07. The highest BCUT2D eigenvalue weighted by Gasteiger charge is 2.04. The summed E-state index contributed by atoms with van der Waals surface area (Å²) in [6.07, 6.45) is 3.26. The molecule has 0 spiro atoms. The van der Waals surface area contributed by atoms with Crippen LogP contribution in [0.25, 0.3) is 6.08 Å². The van der Waals surface area contributed by atoms with Crippen molar-refractivity contribution < 1.29 is 9.53 Å². The predicted molar refractivity (Wildman–Crippen MR) is 82.3 cm³/mol. The van der Waals surface area contributed by atoms with E-state index in [0.29, 0.717) is 11.1 Å². The summed E-state index contributed by atoms with van der Waals surface area (Å²) in [5.41, 5.74) is 3.05. The summed E-state index contributed by atoms with van der Waals surface area (Å²) in [6, 6.07) is 14.4. The molecule has 2 rings (SSSR count). The van der Waals surface area contributed by atoms with Crippen LogP contribution in [-0.2, 0) is 0 Å². The second kappa shape index (κ2) is 6.53. The minimum Gasteiger partial charge on any atom is -0.496 e. The van der Waals surface area contributed by atoms with Crippen LogP contribution >= 0.6 is 0 Å². The summed E-state index contributed by atoms with van der Waals surface area (Å²) in [5.74, 6) is 0.618. The highest BCUT2D eigenvalue weighted by Crippen LogP contribution is 2.21. The zero-order chi connectivity index (χ0) is 15.2. The van der Waals surface area contributed by atoms with Crippen molar-refractivity contribution in [2.24, 2.45) is 0 Å². The van der Waals surface area contributed by atoms with Crippen LogP contribution in [0.5, 0.6) is 5.75 Å². The maximum Gasteiger partial charge on any atom is 0.185 e. The summed E-state index contributed by atoms with van der Waals surface area (Å²) in [4.78, 5) is 12.1. The number of ether oxygens (including phenoxy) is 1. The van der Waals surface area contributed by atoms with Gasteiger partial charge in [-0.25, -0.2) is 0 Å². The molecule has 0 radical (unpaired) electrons. The van der Waals surface area contributed by atoms with Crippen molar-refractivity contribution >= 4 is 11.9 Å². The number of carbonyl (C=O) groups excluding carboxylic acids is 1. The Balaban J connectivity index is 2.22. The Morgan fingerprint density at radius 3 is 2.52 bits per heavy atom. The molecule has 104 valence electrons. The van der Waals surface area contributed by atoms with Crippen molar-refractivity contribution in [2.75, 3.05) is 7.11 Å². The largest absolute Gasteiger partial charge is 0.496 e. The first kappa shape index (κ1) is 14.5. The molecular formula is C18H15NO2. The Morgan fingerprint density at radius 1 is 1.19 bits per heavy atom. The zero-order valence-corrected chi connectivity index (χ0v) is 12.0. The van der Waals surface area contributed by atoms with E-state index in [1.807, 2.05) is 31.2 Å². The monoisotopic (exact) mass is 277 g/mol. The topological polar surface area (TPSA) is 50.1 Å². The fraction of sp³-hybridized carbons (Fsp3) is 0.111. The van der Waals surface area contributed by atoms with Crippen LogP contribution in [-0.4, -0.2) is 12.9 Å². The van der Waals surface area contributed by atoms with E-state index in [4.69, 9.17) is 10.00 Å². The standard InChI is InChI=1S/C18H15NO2/c1-13-3-10-18(21-2)16(11-13)8-9-17(20)15-6-4-14(12-19)5-7-15/h3-11H,1-2H3/b9-8+. The van der Waals surface area contributed by atoms with Gasteiger partial charge >= 0.3 is 0 Å². The summed E-state index contributed by atoms with van der Waals surface area (Å²) < 4.78 is 5.27. The van der Waals surface area contributed by atoms with Crippen molar-refractivity contribution in [1.82, 2.24) is 0 Å². The molecule has 0 saturated heterocycles.